The van der Waals surface area contributed by atoms with Gasteiger partial charge in [0.05, 0.1) is 18.5 Å². The summed E-state index contributed by atoms with van der Waals surface area (Å²) in [5, 5.41) is 5.14. The van der Waals surface area contributed by atoms with E-state index in [0.717, 1.165) is 22.2 Å². The van der Waals surface area contributed by atoms with Gasteiger partial charge in [0.15, 0.2) is 5.75 Å². The number of hydrogen-bond donors (Lipinski definition) is 0. The number of aryl methyl sites for hydroxylation is 2. The molecule has 0 fully saturated rings. The molecular formula is C24H22N2O5. The topological polar surface area (TPSA) is 83.6 Å². The second-order valence-electron chi connectivity index (χ2n) is 7.11. The first-order chi connectivity index (χ1) is 15.0. The van der Waals surface area contributed by atoms with E-state index >= 15 is 0 Å². The van der Waals surface area contributed by atoms with Crippen molar-refractivity contribution in [3.63, 3.8) is 0 Å². The molecule has 0 N–H and O–H groups in total. The minimum absolute atomic E-state index is 0.0670. The fourth-order valence-electron chi connectivity index (χ4n) is 3.32. The van der Waals surface area contributed by atoms with Crippen LogP contribution in [0.2, 0.25) is 0 Å². The van der Waals surface area contributed by atoms with E-state index in [-0.39, 0.29) is 24.7 Å². The largest absolute Gasteiger partial charge is 0.485 e. The van der Waals surface area contributed by atoms with E-state index in [9.17, 15) is 9.59 Å². The van der Waals surface area contributed by atoms with Crippen LogP contribution in [-0.4, -0.2) is 22.4 Å². The number of fused-ring (bicyclic) bond motifs is 1. The van der Waals surface area contributed by atoms with Crippen LogP contribution in [0.5, 0.6) is 5.75 Å². The molecule has 0 radical (unpaired) electrons. The summed E-state index contributed by atoms with van der Waals surface area (Å²) in [6, 6.07) is 14.7. The molecule has 0 spiro atoms. The number of hydrogen-bond acceptors (Lipinski definition) is 6. The van der Waals surface area contributed by atoms with Crippen LogP contribution in [0.25, 0.3) is 16.7 Å². The summed E-state index contributed by atoms with van der Waals surface area (Å²) in [5.41, 5.74) is 3.53. The quantitative estimate of drug-likeness (QED) is 0.342. The van der Waals surface area contributed by atoms with Crippen molar-refractivity contribution < 1.29 is 18.7 Å². The van der Waals surface area contributed by atoms with Gasteiger partial charge in [-0.05, 0) is 44.0 Å². The van der Waals surface area contributed by atoms with E-state index in [1.807, 2.05) is 56.3 Å². The maximum Gasteiger partial charge on any atom is 0.362 e. The molecule has 0 atom stereocenters. The van der Waals surface area contributed by atoms with Gasteiger partial charge in [-0.1, -0.05) is 30.3 Å². The molecule has 158 valence electrons. The maximum absolute atomic E-state index is 12.4. The Morgan fingerprint density at radius 1 is 1.13 bits per heavy atom. The van der Waals surface area contributed by atoms with Gasteiger partial charge >= 0.3 is 11.6 Å². The molecule has 2 aromatic heterocycles. The predicted octanol–water partition coefficient (Wildman–Crippen LogP) is 4.35. The van der Waals surface area contributed by atoms with Gasteiger partial charge in [0, 0.05) is 17.0 Å². The molecule has 0 saturated heterocycles. The van der Waals surface area contributed by atoms with E-state index in [1.54, 1.807) is 17.8 Å². The van der Waals surface area contributed by atoms with Crippen molar-refractivity contribution in [2.24, 2.45) is 0 Å². The molecule has 7 heteroatoms. The first-order valence-corrected chi connectivity index (χ1v) is 9.96. The zero-order valence-corrected chi connectivity index (χ0v) is 17.5. The fourth-order valence-corrected chi connectivity index (χ4v) is 3.32. The lowest BCUT2D eigenvalue weighted by molar-refractivity contribution is 0.0514. The monoisotopic (exact) mass is 418 g/mol. The molecule has 0 bridgehead atoms. The van der Waals surface area contributed by atoms with Crippen molar-refractivity contribution in [3.8, 4) is 11.4 Å². The number of para-hydroxylation sites is 1. The molecule has 0 amide bonds. The summed E-state index contributed by atoms with van der Waals surface area (Å²) in [7, 11) is 0. The average molecular weight is 418 g/mol. The number of rotatable bonds is 6. The smallest absolute Gasteiger partial charge is 0.362 e. The molecule has 0 aliphatic carbocycles. The number of ether oxygens (including phenoxy) is 2. The van der Waals surface area contributed by atoms with Crippen molar-refractivity contribution in [1.29, 1.82) is 0 Å². The van der Waals surface area contributed by atoms with E-state index in [1.165, 1.54) is 6.07 Å². The summed E-state index contributed by atoms with van der Waals surface area (Å²) in [5.74, 6) is -0.302. The van der Waals surface area contributed by atoms with Crippen LogP contribution < -0.4 is 10.4 Å². The zero-order chi connectivity index (χ0) is 22.0. The minimum Gasteiger partial charge on any atom is -0.485 e. The van der Waals surface area contributed by atoms with Crippen LogP contribution in [-0.2, 0) is 11.3 Å². The van der Waals surface area contributed by atoms with Gasteiger partial charge in [-0.25, -0.2) is 14.3 Å². The number of esters is 1. The van der Waals surface area contributed by atoms with Gasteiger partial charge in [0.25, 0.3) is 0 Å². The van der Waals surface area contributed by atoms with Gasteiger partial charge < -0.3 is 13.9 Å². The van der Waals surface area contributed by atoms with Crippen LogP contribution in [0.4, 0.5) is 0 Å². The first-order valence-electron chi connectivity index (χ1n) is 9.96. The Morgan fingerprint density at radius 2 is 1.90 bits per heavy atom. The fraction of sp³-hybridized carbons (Fsp3) is 0.208. The van der Waals surface area contributed by atoms with Crippen LogP contribution in [0.1, 0.15) is 34.1 Å². The van der Waals surface area contributed by atoms with Gasteiger partial charge in [0.1, 0.15) is 12.2 Å². The van der Waals surface area contributed by atoms with Crippen molar-refractivity contribution in [1.82, 2.24) is 9.78 Å². The van der Waals surface area contributed by atoms with Gasteiger partial charge in [-0.15, -0.1) is 0 Å². The molecule has 0 unspecified atom stereocenters. The Morgan fingerprint density at radius 3 is 2.65 bits per heavy atom. The van der Waals surface area contributed by atoms with Gasteiger partial charge in [0.2, 0.25) is 5.69 Å². The van der Waals surface area contributed by atoms with Crippen LogP contribution in [0.3, 0.4) is 0 Å². The highest BCUT2D eigenvalue weighted by atomic mass is 16.5. The van der Waals surface area contributed by atoms with Gasteiger partial charge in [-0.2, -0.15) is 5.10 Å². The van der Waals surface area contributed by atoms with E-state index in [2.05, 4.69) is 5.10 Å². The minimum atomic E-state index is -0.573. The van der Waals surface area contributed by atoms with E-state index < -0.39 is 11.6 Å². The molecule has 0 saturated carbocycles. The summed E-state index contributed by atoms with van der Waals surface area (Å²) in [6.45, 7) is 5.89. The molecular weight excluding hydrogens is 396 g/mol. The summed E-state index contributed by atoms with van der Waals surface area (Å²) >= 11 is 0. The summed E-state index contributed by atoms with van der Waals surface area (Å²) < 4.78 is 18.1. The maximum atomic E-state index is 12.4. The normalized spacial score (nSPS) is 10.9. The number of carbonyl (C=O) groups excluding carboxylic acids is 1. The summed E-state index contributed by atoms with van der Waals surface area (Å²) in [6.07, 6.45) is 1.63. The van der Waals surface area contributed by atoms with Gasteiger partial charge in [-0.3, -0.25) is 0 Å². The Balaban J connectivity index is 1.71. The Labute approximate surface area is 178 Å². The molecule has 0 aliphatic rings. The number of nitrogens with zero attached hydrogens (tertiary/aromatic N) is 2. The molecule has 2 heterocycles. The molecule has 31 heavy (non-hydrogen) atoms. The summed E-state index contributed by atoms with van der Waals surface area (Å²) in [4.78, 5) is 24.5. The average Bonchev–Trinajstić information content (AvgIpc) is 3.20. The lowest BCUT2D eigenvalue weighted by Crippen LogP contribution is -2.09. The van der Waals surface area contributed by atoms with E-state index in [0.29, 0.717) is 11.1 Å². The Bertz CT molecular complexity index is 1310. The standard InChI is InChI=1S/C24H22N2O5/c1-4-29-24(28)22-20(13-26(25-22)18-8-6-5-7-9-18)30-14-17-12-21(27)31-23-16(3)15(2)10-11-19(17)23/h5-13H,4,14H2,1-3H3. The van der Waals surface area contributed by atoms with Crippen molar-refractivity contribution >= 4 is 16.9 Å². The number of carbonyl (C=O) groups is 1. The lowest BCUT2D eigenvalue weighted by atomic mass is 10.0. The van der Waals surface area contributed by atoms with Crippen molar-refractivity contribution in [2.75, 3.05) is 6.61 Å². The lowest BCUT2D eigenvalue weighted by Gasteiger charge is -2.10. The second kappa shape index (κ2) is 8.47. The third kappa shape index (κ3) is 4.07. The highest BCUT2D eigenvalue weighted by Crippen LogP contribution is 2.26. The second-order valence-corrected chi connectivity index (χ2v) is 7.11. The van der Waals surface area contributed by atoms with E-state index in [4.69, 9.17) is 13.9 Å². The van der Waals surface area contributed by atoms with Crippen LogP contribution in [0, 0.1) is 13.8 Å². The highest BCUT2D eigenvalue weighted by molar-refractivity contribution is 5.90. The number of aromatic nitrogens is 2. The highest BCUT2D eigenvalue weighted by Gasteiger charge is 2.21. The number of benzene rings is 2. The van der Waals surface area contributed by atoms with Crippen molar-refractivity contribution in [3.05, 3.63) is 87.5 Å². The SMILES string of the molecule is CCOC(=O)c1nn(-c2ccccc2)cc1OCc1cc(=O)oc2c(C)c(C)ccc12. The first kappa shape index (κ1) is 20.4. The molecule has 4 rings (SSSR count). The molecule has 4 aromatic rings. The predicted molar refractivity (Wildman–Crippen MR) is 116 cm³/mol. The third-order valence-electron chi connectivity index (χ3n) is 5.07. The van der Waals surface area contributed by atoms with Crippen LogP contribution in [0.15, 0.2) is 63.9 Å². The van der Waals surface area contributed by atoms with Crippen LogP contribution >= 0.6 is 0 Å². The molecule has 7 nitrogen and oxygen atoms in total. The zero-order valence-electron chi connectivity index (χ0n) is 17.5. The van der Waals surface area contributed by atoms with Crippen molar-refractivity contribution in [2.45, 2.75) is 27.4 Å². The Kier molecular flexibility index (Phi) is 5.58. The Hall–Kier alpha value is -3.87. The molecule has 2 aromatic carbocycles. The molecule has 0 aliphatic heterocycles. The third-order valence-corrected chi connectivity index (χ3v) is 5.07.